The van der Waals surface area contributed by atoms with Gasteiger partial charge in [0.25, 0.3) is 5.91 Å². The zero-order chi connectivity index (χ0) is 27.4. The molecule has 0 bridgehead atoms. The number of carbonyl (C=O) groups excluding carboxylic acids is 2. The van der Waals surface area contributed by atoms with Crippen molar-refractivity contribution in [1.29, 1.82) is 0 Å². The van der Waals surface area contributed by atoms with Gasteiger partial charge in [0.1, 0.15) is 12.3 Å². The van der Waals surface area contributed by atoms with Crippen LogP contribution >= 0.6 is 35.6 Å². The summed E-state index contributed by atoms with van der Waals surface area (Å²) in [5.74, 6) is -0.0642. The van der Waals surface area contributed by atoms with Crippen LogP contribution in [0.25, 0.3) is 0 Å². The zero-order valence-corrected chi connectivity index (χ0v) is 25.2. The average Bonchev–Trinajstić information content (AvgIpc) is 3.38. The number of rotatable bonds is 7. The second-order valence-corrected chi connectivity index (χ2v) is 11.2. The van der Waals surface area contributed by atoms with E-state index in [2.05, 4.69) is 22.3 Å². The molecular weight excluding hydrogens is 585 g/mol. The quantitative estimate of drug-likeness (QED) is 0.370. The van der Waals surface area contributed by atoms with Crippen LogP contribution in [-0.4, -0.2) is 59.5 Å². The number of likely N-dealkylation sites (tertiary alicyclic amines) is 1. The minimum atomic E-state index is -0.367. The van der Waals surface area contributed by atoms with Crippen molar-refractivity contribution in [3.05, 3.63) is 106 Å². The Morgan fingerprint density at radius 1 is 0.951 bits per heavy atom. The van der Waals surface area contributed by atoms with E-state index in [1.165, 1.54) is 0 Å². The fourth-order valence-corrected chi connectivity index (χ4v) is 6.02. The lowest BCUT2D eigenvalue weighted by molar-refractivity contribution is -0.121. The maximum absolute atomic E-state index is 13.5. The molecule has 7 nitrogen and oxygen atoms in total. The first-order chi connectivity index (χ1) is 18.8. The largest absolute Gasteiger partial charge is 0.412 e. The van der Waals surface area contributed by atoms with Gasteiger partial charge in [-0.05, 0) is 48.2 Å². The molecule has 3 aromatic carbocycles. The number of hydrogen-bond donors (Lipinski definition) is 1. The SMILES string of the molecule is CC(=O)NC1(c2ccccc2)CCN(CCC2OC(c3ccc(Cl)c(Cl)c3)CN2C(=O)c2ccccc2)CC1.Cl.O. The highest BCUT2D eigenvalue weighted by atomic mass is 35.5. The van der Waals surface area contributed by atoms with Crippen molar-refractivity contribution in [3.8, 4) is 0 Å². The van der Waals surface area contributed by atoms with E-state index >= 15 is 0 Å². The lowest BCUT2D eigenvalue weighted by Gasteiger charge is -2.43. The molecular formula is C31H36Cl3N3O4. The molecule has 3 N–H and O–H groups in total. The Morgan fingerprint density at radius 3 is 2.20 bits per heavy atom. The summed E-state index contributed by atoms with van der Waals surface area (Å²) >= 11 is 12.4. The van der Waals surface area contributed by atoms with Crippen LogP contribution in [0.4, 0.5) is 0 Å². The van der Waals surface area contributed by atoms with Crippen molar-refractivity contribution in [3.63, 3.8) is 0 Å². The standard InChI is InChI=1S/C31H33Cl2N3O3.ClH.H2O/c1-22(37)34-31(25-10-6-3-7-11-25)15-18-35(19-16-31)17-14-29-36(30(38)23-8-4-2-5-9-23)21-28(39-29)24-12-13-26(32)27(33)20-24;;/h2-13,20,28-29H,14-19,21H2,1H3,(H,34,37);1H;1H2. The molecule has 10 heteroatoms. The van der Waals surface area contributed by atoms with E-state index in [9.17, 15) is 9.59 Å². The summed E-state index contributed by atoms with van der Waals surface area (Å²) in [6, 6.07) is 25.0. The predicted molar refractivity (Wildman–Crippen MR) is 165 cm³/mol. The Hall–Kier alpha value is -2.65. The third-order valence-corrected chi connectivity index (χ3v) is 8.51. The highest BCUT2D eigenvalue weighted by Gasteiger charge is 2.39. The summed E-state index contributed by atoms with van der Waals surface area (Å²) in [4.78, 5) is 29.8. The number of benzene rings is 3. The topological polar surface area (TPSA) is 93.4 Å². The molecule has 2 aliphatic heterocycles. The van der Waals surface area contributed by atoms with Gasteiger partial charge in [0.15, 0.2) is 0 Å². The summed E-state index contributed by atoms with van der Waals surface area (Å²) in [7, 11) is 0. The van der Waals surface area contributed by atoms with Crippen molar-refractivity contribution in [1.82, 2.24) is 15.1 Å². The van der Waals surface area contributed by atoms with E-state index in [0.29, 0.717) is 28.6 Å². The minimum Gasteiger partial charge on any atom is -0.412 e. The summed E-state index contributed by atoms with van der Waals surface area (Å²) < 4.78 is 6.47. The first-order valence-electron chi connectivity index (χ1n) is 13.4. The van der Waals surface area contributed by atoms with Crippen LogP contribution in [-0.2, 0) is 15.1 Å². The molecule has 2 atom stereocenters. The Kier molecular flexibility index (Phi) is 11.6. The molecule has 2 amide bonds. The Labute approximate surface area is 257 Å². The molecule has 0 radical (unpaired) electrons. The molecule has 2 fully saturated rings. The van der Waals surface area contributed by atoms with E-state index in [1.54, 1.807) is 13.0 Å². The molecule has 0 saturated carbocycles. The van der Waals surface area contributed by atoms with Gasteiger partial charge in [-0.2, -0.15) is 0 Å². The van der Waals surface area contributed by atoms with Crippen LogP contribution in [0.1, 0.15) is 53.8 Å². The fourth-order valence-electron chi connectivity index (χ4n) is 5.71. The first-order valence-corrected chi connectivity index (χ1v) is 14.1. The molecule has 0 aromatic heterocycles. The Morgan fingerprint density at radius 2 is 1.59 bits per heavy atom. The molecule has 5 rings (SSSR count). The number of carbonyl (C=O) groups is 2. The lowest BCUT2D eigenvalue weighted by Crippen LogP contribution is -2.53. The number of nitrogens with one attached hydrogen (secondary N) is 1. The van der Waals surface area contributed by atoms with Crippen LogP contribution < -0.4 is 5.32 Å². The molecule has 41 heavy (non-hydrogen) atoms. The predicted octanol–water partition coefficient (Wildman–Crippen LogP) is 5.65. The number of ether oxygens (including phenoxy) is 1. The summed E-state index contributed by atoms with van der Waals surface area (Å²) in [5, 5.41) is 4.20. The number of hydrogen-bond acceptors (Lipinski definition) is 4. The molecule has 0 aliphatic carbocycles. The van der Waals surface area contributed by atoms with Gasteiger partial charge in [-0.25, -0.2) is 0 Å². The van der Waals surface area contributed by atoms with Gasteiger partial charge in [0.05, 0.1) is 22.1 Å². The number of nitrogens with zero attached hydrogens (tertiary/aromatic N) is 2. The van der Waals surface area contributed by atoms with Gasteiger partial charge in [0, 0.05) is 38.5 Å². The lowest BCUT2D eigenvalue weighted by atomic mass is 9.80. The second kappa shape index (κ2) is 14.5. The van der Waals surface area contributed by atoms with Crippen molar-refractivity contribution >= 4 is 47.4 Å². The van der Waals surface area contributed by atoms with Crippen molar-refractivity contribution in [2.45, 2.75) is 44.1 Å². The highest BCUT2D eigenvalue weighted by Crippen LogP contribution is 2.36. The molecule has 3 aromatic rings. The van der Waals surface area contributed by atoms with Gasteiger partial charge in [-0.1, -0.05) is 77.8 Å². The number of amides is 2. The summed E-state index contributed by atoms with van der Waals surface area (Å²) in [6.07, 6.45) is 1.66. The van der Waals surface area contributed by atoms with Crippen LogP contribution in [0.2, 0.25) is 10.0 Å². The maximum Gasteiger partial charge on any atom is 0.255 e. The van der Waals surface area contributed by atoms with Crippen LogP contribution in [0.5, 0.6) is 0 Å². The molecule has 220 valence electrons. The Bertz CT molecular complexity index is 1300. The van der Waals surface area contributed by atoms with Gasteiger partial charge in [-0.15, -0.1) is 12.4 Å². The monoisotopic (exact) mass is 619 g/mol. The third kappa shape index (κ3) is 7.60. The maximum atomic E-state index is 13.5. The van der Waals surface area contributed by atoms with Crippen molar-refractivity contribution < 1.29 is 19.8 Å². The number of halogens is 3. The molecule has 2 unspecified atom stereocenters. The van der Waals surface area contributed by atoms with E-state index < -0.39 is 0 Å². The molecule has 2 saturated heterocycles. The van der Waals surface area contributed by atoms with E-state index in [1.807, 2.05) is 65.6 Å². The van der Waals surface area contributed by atoms with Crippen LogP contribution in [0.15, 0.2) is 78.9 Å². The van der Waals surface area contributed by atoms with Gasteiger partial charge < -0.3 is 25.3 Å². The summed E-state index contributed by atoms with van der Waals surface area (Å²) in [6.45, 7) is 4.48. The molecule has 0 spiro atoms. The zero-order valence-electron chi connectivity index (χ0n) is 22.9. The van der Waals surface area contributed by atoms with E-state index in [0.717, 1.165) is 43.6 Å². The van der Waals surface area contributed by atoms with Crippen LogP contribution in [0, 0.1) is 0 Å². The summed E-state index contributed by atoms with van der Waals surface area (Å²) in [5.41, 5.74) is 2.32. The van der Waals surface area contributed by atoms with Crippen molar-refractivity contribution in [2.24, 2.45) is 0 Å². The first kappa shape index (κ1) is 32.9. The van der Waals surface area contributed by atoms with Crippen LogP contribution in [0.3, 0.4) is 0 Å². The normalized spacial score (nSPS) is 20.0. The average molecular weight is 621 g/mol. The van der Waals surface area contributed by atoms with Gasteiger partial charge in [-0.3, -0.25) is 9.59 Å². The van der Waals surface area contributed by atoms with E-state index in [4.69, 9.17) is 27.9 Å². The van der Waals surface area contributed by atoms with Crippen molar-refractivity contribution in [2.75, 3.05) is 26.2 Å². The third-order valence-electron chi connectivity index (χ3n) is 7.77. The highest BCUT2D eigenvalue weighted by molar-refractivity contribution is 6.42. The van der Waals surface area contributed by atoms with Gasteiger partial charge in [0.2, 0.25) is 5.91 Å². The number of piperidine rings is 1. The van der Waals surface area contributed by atoms with Gasteiger partial charge >= 0.3 is 0 Å². The van der Waals surface area contributed by atoms with E-state index in [-0.39, 0.29) is 47.6 Å². The second-order valence-electron chi connectivity index (χ2n) is 10.3. The minimum absolute atomic E-state index is 0. The Balaban J connectivity index is 0.00000231. The fraction of sp³-hybridized carbons (Fsp3) is 0.355. The molecule has 2 aliphatic rings. The molecule has 2 heterocycles. The smallest absolute Gasteiger partial charge is 0.255 e.